The number of methoxy groups -OCH3 is 2. The van der Waals surface area contributed by atoms with E-state index < -0.39 is 0 Å². The second kappa shape index (κ2) is 9.36. The summed E-state index contributed by atoms with van der Waals surface area (Å²) in [5.74, 6) is 2.37. The van der Waals surface area contributed by atoms with Gasteiger partial charge in [-0.3, -0.25) is 0 Å². The molecule has 0 atom stereocenters. The second-order valence-electron chi connectivity index (χ2n) is 7.72. The number of para-hydroxylation sites is 1. The zero-order chi connectivity index (χ0) is 23.5. The highest BCUT2D eigenvalue weighted by molar-refractivity contribution is 5.93. The Bertz CT molecular complexity index is 1420. The number of nitrogens with zero attached hydrogens (tertiary/aromatic N) is 4. The molecular formula is C26H24N4O4. The van der Waals surface area contributed by atoms with Crippen molar-refractivity contribution in [2.45, 2.75) is 6.92 Å². The molecule has 172 valence electrons. The molecular weight excluding hydrogens is 432 g/mol. The van der Waals surface area contributed by atoms with Gasteiger partial charge in [0.25, 0.3) is 0 Å². The molecule has 0 saturated heterocycles. The average Bonchev–Trinajstić information content (AvgIpc) is 3.48. The molecule has 8 nitrogen and oxygen atoms in total. The number of hydrogen-bond acceptors (Lipinski definition) is 7. The monoisotopic (exact) mass is 456 g/mol. The Kier molecular flexibility index (Phi) is 5.97. The smallest absolute Gasteiger partial charge is 0.213 e. The molecule has 0 amide bonds. The third kappa shape index (κ3) is 4.11. The van der Waals surface area contributed by atoms with Crippen LogP contribution in [-0.4, -0.2) is 47.2 Å². The van der Waals surface area contributed by atoms with Crippen LogP contribution in [0.2, 0.25) is 0 Å². The minimum absolute atomic E-state index is 0.426. The van der Waals surface area contributed by atoms with Crippen LogP contribution in [0.5, 0.6) is 11.6 Å². The number of aromatic nitrogens is 4. The van der Waals surface area contributed by atoms with E-state index in [0.717, 1.165) is 33.3 Å². The van der Waals surface area contributed by atoms with Crippen LogP contribution < -0.4 is 9.47 Å². The number of benzene rings is 2. The third-order valence-corrected chi connectivity index (χ3v) is 5.43. The average molecular weight is 457 g/mol. The summed E-state index contributed by atoms with van der Waals surface area (Å²) in [6.45, 7) is 2.94. The van der Waals surface area contributed by atoms with E-state index in [1.807, 2.05) is 49.4 Å². The minimum Gasteiger partial charge on any atom is -0.490 e. The second-order valence-corrected chi connectivity index (χ2v) is 7.72. The largest absolute Gasteiger partial charge is 0.490 e. The Morgan fingerprint density at radius 2 is 1.85 bits per heavy atom. The van der Waals surface area contributed by atoms with Gasteiger partial charge in [0.15, 0.2) is 11.6 Å². The molecule has 0 N–H and O–H groups in total. The molecule has 0 fully saturated rings. The maximum atomic E-state index is 5.93. The molecule has 0 radical (unpaired) electrons. The van der Waals surface area contributed by atoms with Gasteiger partial charge in [0, 0.05) is 18.6 Å². The van der Waals surface area contributed by atoms with E-state index >= 15 is 0 Å². The first-order valence-corrected chi connectivity index (χ1v) is 10.8. The molecule has 0 aliphatic heterocycles. The maximum absolute atomic E-state index is 5.93. The van der Waals surface area contributed by atoms with Crippen LogP contribution >= 0.6 is 0 Å². The molecule has 8 heteroatoms. The fraction of sp³-hybridized carbons (Fsp3) is 0.192. The molecule has 5 aromatic rings. The minimum atomic E-state index is 0.426. The summed E-state index contributed by atoms with van der Waals surface area (Å²) in [5, 5.41) is 5.80. The highest BCUT2D eigenvalue weighted by Gasteiger charge is 2.21. The zero-order valence-corrected chi connectivity index (χ0v) is 19.2. The van der Waals surface area contributed by atoms with Crippen LogP contribution in [0.1, 0.15) is 5.56 Å². The van der Waals surface area contributed by atoms with Crippen LogP contribution in [0.25, 0.3) is 39.4 Å². The van der Waals surface area contributed by atoms with Crippen molar-refractivity contribution >= 4 is 11.0 Å². The number of fused-ring (bicyclic) bond motifs is 1. The lowest BCUT2D eigenvalue weighted by Gasteiger charge is -2.08. The Hall–Kier alpha value is -4.17. The topological polar surface area (TPSA) is 84.4 Å². The Morgan fingerprint density at radius 1 is 0.971 bits per heavy atom. The number of ether oxygens (including phenoxy) is 3. The number of rotatable bonds is 8. The molecule has 3 aromatic heterocycles. The Labute approximate surface area is 196 Å². The molecule has 0 bridgehead atoms. The molecule has 0 unspecified atom stereocenters. The van der Waals surface area contributed by atoms with Gasteiger partial charge >= 0.3 is 0 Å². The van der Waals surface area contributed by atoms with Gasteiger partial charge in [0.05, 0.1) is 36.7 Å². The van der Waals surface area contributed by atoms with Crippen molar-refractivity contribution in [2.75, 3.05) is 27.4 Å². The van der Waals surface area contributed by atoms with Gasteiger partial charge in [-0.2, -0.15) is 0 Å². The van der Waals surface area contributed by atoms with Crippen molar-refractivity contribution in [3.8, 4) is 40.1 Å². The van der Waals surface area contributed by atoms with Gasteiger partial charge in [0.1, 0.15) is 24.2 Å². The maximum Gasteiger partial charge on any atom is 0.213 e. The van der Waals surface area contributed by atoms with E-state index in [2.05, 4.69) is 11.1 Å². The predicted molar refractivity (Wildman–Crippen MR) is 128 cm³/mol. The first-order chi connectivity index (χ1) is 16.7. The number of hydrogen-bond donors (Lipinski definition) is 0. The summed E-state index contributed by atoms with van der Waals surface area (Å²) in [6, 6.07) is 17.5. The van der Waals surface area contributed by atoms with E-state index in [-0.39, 0.29) is 0 Å². The summed E-state index contributed by atoms with van der Waals surface area (Å²) < 4.78 is 23.9. The van der Waals surface area contributed by atoms with Crippen molar-refractivity contribution in [3.05, 3.63) is 72.6 Å². The van der Waals surface area contributed by atoms with Gasteiger partial charge in [-0.05, 0) is 36.8 Å². The zero-order valence-electron chi connectivity index (χ0n) is 19.2. The summed E-state index contributed by atoms with van der Waals surface area (Å²) in [6.07, 6.45) is 3.42. The van der Waals surface area contributed by atoms with E-state index in [1.165, 1.54) is 0 Å². The van der Waals surface area contributed by atoms with Crippen molar-refractivity contribution in [1.29, 1.82) is 0 Å². The molecule has 0 aliphatic carbocycles. The lowest BCUT2D eigenvalue weighted by Crippen LogP contribution is -2.05. The fourth-order valence-electron chi connectivity index (χ4n) is 3.72. The van der Waals surface area contributed by atoms with E-state index in [1.54, 1.807) is 37.4 Å². The van der Waals surface area contributed by atoms with Gasteiger partial charge in [-0.15, -0.1) is 5.10 Å². The molecule has 5 rings (SSSR count). The van der Waals surface area contributed by atoms with E-state index in [9.17, 15) is 0 Å². The molecule has 0 aliphatic rings. The predicted octanol–water partition coefficient (Wildman–Crippen LogP) is 5.08. The fourth-order valence-corrected chi connectivity index (χ4v) is 3.72. The van der Waals surface area contributed by atoms with Crippen LogP contribution in [0.15, 0.2) is 71.5 Å². The third-order valence-electron chi connectivity index (χ3n) is 5.43. The van der Waals surface area contributed by atoms with Crippen molar-refractivity contribution < 1.29 is 18.6 Å². The summed E-state index contributed by atoms with van der Waals surface area (Å²) >= 11 is 0. The van der Waals surface area contributed by atoms with E-state index in [4.69, 9.17) is 28.7 Å². The highest BCUT2D eigenvalue weighted by atomic mass is 16.5. The van der Waals surface area contributed by atoms with Gasteiger partial charge in [-0.1, -0.05) is 24.3 Å². The molecule has 2 aromatic carbocycles. The van der Waals surface area contributed by atoms with Crippen molar-refractivity contribution in [1.82, 2.24) is 19.7 Å². The number of aryl methyl sites for hydroxylation is 1. The van der Waals surface area contributed by atoms with Crippen LogP contribution in [0.4, 0.5) is 0 Å². The molecule has 0 spiro atoms. The SMILES string of the molecule is COCCOc1ccccc1-c1nc(-c2coc3cc(C)ccc23)n(-c2ccc(OC)nc2)n1. The standard InChI is InChI=1S/C26H24N4O4/c1-17-8-10-19-21(16-34-23(19)14-17)26-28-25(20-6-4-5-7-22(20)33-13-12-31-2)29-30(26)18-9-11-24(32-3)27-15-18/h4-11,14-16H,12-13H2,1-3H3. The highest BCUT2D eigenvalue weighted by Crippen LogP contribution is 2.35. The van der Waals surface area contributed by atoms with Gasteiger partial charge < -0.3 is 18.6 Å². The molecule has 34 heavy (non-hydrogen) atoms. The quantitative estimate of drug-likeness (QED) is 0.301. The molecule has 3 heterocycles. The van der Waals surface area contributed by atoms with Crippen LogP contribution in [0.3, 0.4) is 0 Å². The first-order valence-electron chi connectivity index (χ1n) is 10.8. The normalized spacial score (nSPS) is 11.1. The van der Waals surface area contributed by atoms with Gasteiger partial charge in [0.2, 0.25) is 5.88 Å². The van der Waals surface area contributed by atoms with Crippen LogP contribution in [0, 0.1) is 6.92 Å². The summed E-state index contributed by atoms with van der Waals surface area (Å²) in [4.78, 5) is 9.27. The summed E-state index contributed by atoms with van der Waals surface area (Å²) in [5.41, 5.74) is 4.28. The van der Waals surface area contributed by atoms with Crippen molar-refractivity contribution in [3.63, 3.8) is 0 Å². The van der Waals surface area contributed by atoms with Crippen LogP contribution in [-0.2, 0) is 4.74 Å². The molecule has 0 saturated carbocycles. The number of pyridine rings is 1. The van der Waals surface area contributed by atoms with E-state index in [0.29, 0.717) is 36.5 Å². The number of furan rings is 1. The van der Waals surface area contributed by atoms with Crippen molar-refractivity contribution in [2.24, 2.45) is 0 Å². The lowest BCUT2D eigenvalue weighted by molar-refractivity contribution is 0.146. The Morgan fingerprint density at radius 3 is 2.65 bits per heavy atom. The lowest BCUT2D eigenvalue weighted by atomic mass is 10.1. The van der Waals surface area contributed by atoms with Gasteiger partial charge in [-0.25, -0.2) is 14.6 Å². The first kappa shape index (κ1) is 21.7. The Balaban J connectivity index is 1.66. The summed E-state index contributed by atoms with van der Waals surface area (Å²) in [7, 11) is 3.23.